The van der Waals surface area contributed by atoms with Crippen LogP contribution < -0.4 is 10.1 Å². The number of aryl methyl sites for hydroxylation is 1. The number of methoxy groups -OCH3 is 1. The first kappa shape index (κ1) is 15.0. The van der Waals surface area contributed by atoms with Crippen molar-refractivity contribution < 1.29 is 4.74 Å². The number of benzene rings is 1. The van der Waals surface area contributed by atoms with Crippen LogP contribution in [-0.2, 0) is 6.54 Å². The summed E-state index contributed by atoms with van der Waals surface area (Å²) in [6.07, 6.45) is 0. The molecule has 0 amide bonds. The van der Waals surface area contributed by atoms with E-state index in [1.165, 1.54) is 16.7 Å². The number of hydrogen-bond acceptors (Lipinski definition) is 3. The Hall–Kier alpha value is -1.06. The molecule has 0 bridgehead atoms. The van der Waals surface area contributed by atoms with Gasteiger partial charge in [-0.05, 0) is 49.7 Å². The van der Waals surface area contributed by atoms with Gasteiger partial charge in [0.05, 0.1) is 7.11 Å². The van der Waals surface area contributed by atoms with E-state index in [1.54, 1.807) is 7.11 Å². The first-order chi connectivity index (χ1) is 8.49. The summed E-state index contributed by atoms with van der Waals surface area (Å²) in [5.41, 5.74) is 3.95. The van der Waals surface area contributed by atoms with Crippen molar-refractivity contribution in [2.24, 2.45) is 0 Å². The Morgan fingerprint density at radius 1 is 1.33 bits per heavy atom. The SMILES string of the molecule is CNCN(C)Cc1cc(C(C)C)c(OC)cc1C. The van der Waals surface area contributed by atoms with Crippen molar-refractivity contribution in [3.05, 3.63) is 28.8 Å². The second-order valence-corrected chi connectivity index (χ2v) is 5.20. The lowest BCUT2D eigenvalue weighted by Crippen LogP contribution is -2.28. The highest BCUT2D eigenvalue weighted by molar-refractivity contribution is 5.43. The van der Waals surface area contributed by atoms with Crippen LogP contribution in [0.2, 0.25) is 0 Å². The van der Waals surface area contributed by atoms with Gasteiger partial charge in [0.1, 0.15) is 5.75 Å². The van der Waals surface area contributed by atoms with Crippen molar-refractivity contribution in [1.29, 1.82) is 0 Å². The molecule has 0 heterocycles. The number of hydrogen-bond donors (Lipinski definition) is 1. The summed E-state index contributed by atoms with van der Waals surface area (Å²) >= 11 is 0. The minimum Gasteiger partial charge on any atom is -0.496 e. The van der Waals surface area contributed by atoms with Gasteiger partial charge in [0, 0.05) is 13.2 Å². The molecule has 1 aromatic carbocycles. The van der Waals surface area contributed by atoms with Gasteiger partial charge in [-0.3, -0.25) is 4.90 Å². The van der Waals surface area contributed by atoms with Crippen LogP contribution in [0.4, 0.5) is 0 Å². The Morgan fingerprint density at radius 3 is 2.50 bits per heavy atom. The Balaban J connectivity index is 3.01. The summed E-state index contributed by atoms with van der Waals surface area (Å²) in [6.45, 7) is 8.40. The van der Waals surface area contributed by atoms with Gasteiger partial charge in [0.15, 0.2) is 0 Å². The van der Waals surface area contributed by atoms with Crippen LogP contribution in [0.1, 0.15) is 36.5 Å². The van der Waals surface area contributed by atoms with E-state index in [1.807, 2.05) is 7.05 Å². The fraction of sp³-hybridized carbons (Fsp3) is 0.600. The van der Waals surface area contributed by atoms with Gasteiger partial charge in [-0.1, -0.05) is 19.9 Å². The minimum absolute atomic E-state index is 0.480. The molecule has 0 saturated heterocycles. The fourth-order valence-corrected chi connectivity index (χ4v) is 2.16. The molecule has 102 valence electrons. The summed E-state index contributed by atoms with van der Waals surface area (Å²) in [5.74, 6) is 1.48. The summed E-state index contributed by atoms with van der Waals surface area (Å²) in [4.78, 5) is 2.26. The zero-order valence-electron chi connectivity index (χ0n) is 12.5. The lowest BCUT2D eigenvalue weighted by atomic mass is 9.96. The topological polar surface area (TPSA) is 24.5 Å². The van der Waals surface area contributed by atoms with E-state index >= 15 is 0 Å². The van der Waals surface area contributed by atoms with Gasteiger partial charge in [-0.25, -0.2) is 0 Å². The normalized spacial score (nSPS) is 11.3. The molecule has 0 unspecified atom stereocenters. The van der Waals surface area contributed by atoms with Gasteiger partial charge >= 0.3 is 0 Å². The number of nitrogens with one attached hydrogen (secondary N) is 1. The van der Waals surface area contributed by atoms with Crippen molar-refractivity contribution in [2.45, 2.75) is 33.2 Å². The largest absolute Gasteiger partial charge is 0.496 e. The third-order valence-electron chi connectivity index (χ3n) is 3.18. The van der Waals surface area contributed by atoms with Crippen molar-refractivity contribution >= 4 is 0 Å². The van der Waals surface area contributed by atoms with Crippen molar-refractivity contribution in [3.63, 3.8) is 0 Å². The second kappa shape index (κ2) is 6.76. The number of nitrogens with zero attached hydrogens (tertiary/aromatic N) is 1. The first-order valence-electron chi connectivity index (χ1n) is 6.50. The number of rotatable bonds is 6. The lowest BCUT2D eigenvalue weighted by Gasteiger charge is -2.20. The second-order valence-electron chi connectivity index (χ2n) is 5.20. The molecule has 3 heteroatoms. The standard InChI is InChI=1S/C15H26N2O/c1-11(2)14-8-13(9-17(5)10-16-4)12(3)7-15(14)18-6/h7-8,11,16H,9-10H2,1-6H3. The van der Waals surface area contributed by atoms with E-state index in [9.17, 15) is 0 Å². The highest BCUT2D eigenvalue weighted by Gasteiger charge is 2.12. The smallest absolute Gasteiger partial charge is 0.122 e. The molecule has 0 radical (unpaired) electrons. The zero-order chi connectivity index (χ0) is 13.7. The highest BCUT2D eigenvalue weighted by Crippen LogP contribution is 2.29. The van der Waals surface area contributed by atoms with Gasteiger partial charge in [0.2, 0.25) is 0 Å². The molecule has 0 spiro atoms. The molecule has 0 aliphatic heterocycles. The minimum atomic E-state index is 0.480. The molecule has 1 N–H and O–H groups in total. The Bertz CT molecular complexity index is 388. The van der Waals surface area contributed by atoms with Crippen molar-refractivity contribution in [1.82, 2.24) is 10.2 Å². The van der Waals surface area contributed by atoms with E-state index in [0.717, 1.165) is 19.0 Å². The Labute approximate surface area is 111 Å². The molecule has 1 rings (SSSR count). The molecule has 0 aliphatic rings. The van der Waals surface area contributed by atoms with Crippen LogP contribution in [0.15, 0.2) is 12.1 Å². The van der Waals surface area contributed by atoms with Crippen molar-refractivity contribution in [2.75, 3.05) is 27.9 Å². The zero-order valence-corrected chi connectivity index (χ0v) is 12.5. The molecule has 0 aromatic heterocycles. The molecular formula is C15H26N2O. The quantitative estimate of drug-likeness (QED) is 0.786. The van der Waals surface area contributed by atoms with Crippen LogP contribution in [0, 0.1) is 6.92 Å². The first-order valence-corrected chi connectivity index (χ1v) is 6.50. The van der Waals surface area contributed by atoms with Gasteiger partial charge in [0.25, 0.3) is 0 Å². The summed E-state index contributed by atoms with van der Waals surface area (Å²) in [7, 11) is 5.83. The van der Waals surface area contributed by atoms with Crippen molar-refractivity contribution in [3.8, 4) is 5.75 Å². The van der Waals surface area contributed by atoms with Crippen LogP contribution in [0.3, 0.4) is 0 Å². The summed E-state index contributed by atoms with van der Waals surface area (Å²) < 4.78 is 5.47. The van der Waals surface area contributed by atoms with E-state index in [4.69, 9.17) is 4.74 Å². The maximum Gasteiger partial charge on any atom is 0.122 e. The Kier molecular flexibility index (Phi) is 5.63. The van der Waals surface area contributed by atoms with Gasteiger partial charge < -0.3 is 10.1 Å². The van der Waals surface area contributed by atoms with Crippen LogP contribution in [-0.4, -0.2) is 32.8 Å². The molecule has 1 aromatic rings. The molecule has 0 saturated carbocycles. The predicted octanol–water partition coefficient (Wildman–Crippen LogP) is 2.74. The molecule has 3 nitrogen and oxygen atoms in total. The summed E-state index contributed by atoms with van der Waals surface area (Å²) in [6, 6.07) is 4.43. The molecule has 0 atom stereocenters. The maximum atomic E-state index is 5.47. The monoisotopic (exact) mass is 250 g/mol. The van der Waals surface area contributed by atoms with Crippen LogP contribution in [0.5, 0.6) is 5.75 Å². The third kappa shape index (κ3) is 3.72. The maximum absolute atomic E-state index is 5.47. The van der Waals surface area contributed by atoms with Crippen LogP contribution in [0.25, 0.3) is 0 Å². The van der Waals surface area contributed by atoms with E-state index in [-0.39, 0.29) is 0 Å². The highest BCUT2D eigenvalue weighted by atomic mass is 16.5. The number of ether oxygens (including phenoxy) is 1. The Morgan fingerprint density at radius 2 is 2.00 bits per heavy atom. The average molecular weight is 250 g/mol. The van der Waals surface area contributed by atoms with Gasteiger partial charge in [-0.2, -0.15) is 0 Å². The fourth-order valence-electron chi connectivity index (χ4n) is 2.16. The summed E-state index contributed by atoms with van der Waals surface area (Å²) in [5, 5.41) is 3.17. The van der Waals surface area contributed by atoms with E-state index in [2.05, 4.69) is 50.2 Å². The molecular weight excluding hydrogens is 224 g/mol. The van der Waals surface area contributed by atoms with Crippen LogP contribution >= 0.6 is 0 Å². The lowest BCUT2D eigenvalue weighted by molar-refractivity contribution is 0.309. The molecule has 0 fully saturated rings. The average Bonchev–Trinajstić information content (AvgIpc) is 2.31. The van der Waals surface area contributed by atoms with E-state index in [0.29, 0.717) is 5.92 Å². The third-order valence-corrected chi connectivity index (χ3v) is 3.18. The van der Waals surface area contributed by atoms with Gasteiger partial charge in [-0.15, -0.1) is 0 Å². The van der Waals surface area contributed by atoms with E-state index < -0.39 is 0 Å². The molecule has 18 heavy (non-hydrogen) atoms. The molecule has 0 aliphatic carbocycles. The predicted molar refractivity (Wildman–Crippen MR) is 77.2 cm³/mol.